The molecule has 1 atom stereocenters. The van der Waals surface area contributed by atoms with Crippen LogP contribution in [0.4, 0.5) is 0 Å². The second kappa shape index (κ2) is 8.22. The van der Waals surface area contributed by atoms with Crippen molar-refractivity contribution in [3.8, 4) is 11.5 Å². The lowest BCUT2D eigenvalue weighted by atomic mass is 10.1. The zero-order valence-corrected chi connectivity index (χ0v) is 13.4. The van der Waals surface area contributed by atoms with Gasteiger partial charge in [-0.1, -0.05) is 12.1 Å². The van der Waals surface area contributed by atoms with Crippen molar-refractivity contribution in [1.82, 2.24) is 10.6 Å². The summed E-state index contributed by atoms with van der Waals surface area (Å²) in [6, 6.07) is 4.95. The molecule has 1 heterocycles. The highest BCUT2D eigenvalue weighted by Crippen LogP contribution is 2.31. The van der Waals surface area contributed by atoms with E-state index in [-0.39, 0.29) is 11.8 Å². The monoisotopic (exact) mass is 318 g/mol. The maximum absolute atomic E-state index is 12.0. The molecule has 1 fully saturated rings. The second-order valence-corrected chi connectivity index (χ2v) is 5.26. The van der Waals surface area contributed by atoms with Gasteiger partial charge in [-0.25, -0.2) is 0 Å². The average Bonchev–Trinajstić information content (AvgIpc) is 2.77. The van der Waals surface area contributed by atoms with Gasteiger partial charge in [-0.05, 0) is 31.4 Å². The van der Waals surface area contributed by atoms with Crippen LogP contribution in [-0.2, 0) is 9.59 Å². The number of nitrogens with one attached hydrogen (secondary N) is 2. The maximum atomic E-state index is 12.0. The van der Waals surface area contributed by atoms with E-state index in [0.717, 1.165) is 18.4 Å². The first kappa shape index (κ1) is 16.9. The Balaban J connectivity index is 2.05. The van der Waals surface area contributed by atoms with E-state index < -0.39 is 6.04 Å². The molecule has 2 amide bonds. The number of para-hydroxylation sites is 1. The van der Waals surface area contributed by atoms with Crippen LogP contribution in [0.3, 0.4) is 0 Å². The van der Waals surface area contributed by atoms with Crippen LogP contribution in [0.2, 0.25) is 0 Å². The third-order valence-electron chi connectivity index (χ3n) is 3.70. The topological polar surface area (TPSA) is 76.7 Å². The number of carbonyl (C=O) groups is 2. The zero-order chi connectivity index (χ0) is 16.7. The van der Waals surface area contributed by atoms with Crippen molar-refractivity contribution >= 4 is 17.9 Å². The fraction of sp³-hybridized carbons (Fsp3) is 0.412. The van der Waals surface area contributed by atoms with E-state index in [1.165, 1.54) is 6.08 Å². The minimum Gasteiger partial charge on any atom is -0.493 e. The number of rotatable bonds is 5. The molecule has 124 valence electrons. The van der Waals surface area contributed by atoms with Gasteiger partial charge in [-0.3, -0.25) is 9.59 Å². The van der Waals surface area contributed by atoms with E-state index >= 15 is 0 Å². The van der Waals surface area contributed by atoms with E-state index in [4.69, 9.17) is 9.47 Å². The van der Waals surface area contributed by atoms with Crippen LogP contribution >= 0.6 is 0 Å². The Bertz CT molecular complexity index is 598. The summed E-state index contributed by atoms with van der Waals surface area (Å²) in [6.45, 7) is 0.669. The first-order valence-corrected chi connectivity index (χ1v) is 7.63. The number of amides is 2. The summed E-state index contributed by atoms with van der Waals surface area (Å²) in [5.41, 5.74) is 0.729. The summed E-state index contributed by atoms with van der Waals surface area (Å²) in [5.74, 6) is 0.726. The lowest BCUT2D eigenvalue weighted by Crippen LogP contribution is -2.44. The van der Waals surface area contributed by atoms with Gasteiger partial charge in [0.1, 0.15) is 6.04 Å². The molecule has 0 spiro atoms. The third kappa shape index (κ3) is 4.48. The molecule has 6 nitrogen and oxygen atoms in total. The Hall–Kier alpha value is -2.50. The van der Waals surface area contributed by atoms with Gasteiger partial charge in [0.05, 0.1) is 14.2 Å². The molecule has 1 saturated heterocycles. The molecular formula is C17H22N2O4. The third-order valence-corrected chi connectivity index (χ3v) is 3.70. The molecule has 1 aliphatic rings. The fourth-order valence-corrected chi connectivity index (χ4v) is 2.51. The molecule has 0 radical (unpaired) electrons. The standard InChI is InChI=1S/C17H22N2O4/c1-22-14-8-5-6-12(16(14)23-2)9-10-15(20)19-13-7-3-4-11-18-17(13)21/h5-6,8-10,13H,3-4,7,11H2,1-2H3,(H,18,21)(H,19,20)/b10-9+. The first-order chi connectivity index (χ1) is 11.2. The summed E-state index contributed by atoms with van der Waals surface area (Å²) in [5, 5.41) is 5.53. The second-order valence-electron chi connectivity index (χ2n) is 5.26. The summed E-state index contributed by atoms with van der Waals surface area (Å²) in [7, 11) is 3.11. The van der Waals surface area contributed by atoms with Crippen molar-refractivity contribution in [2.45, 2.75) is 25.3 Å². The smallest absolute Gasteiger partial charge is 0.244 e. The molecule has 23 heavy (non-hydrogen) atoms. The molecule has 1 aromatic carbocycles. The average molecular weight is 318 g/mol. The van der Waals surface area contributed by atoms with Gasteiger partial charge >= 0.3 is 0 Å². The Morgan fingerprint density at radius 2 is 2.13 bits per heavy atom. The van der Waals surface area contributed by atoms with Crippen LogP contribution in [-0.4, -0.2) is 38.6 Å². The first-order valence-electron chi connectivity index (χ1n) is 7.63. The molecule has 6 heteroatoms. The van der Waals surface area contributed by atoms with Crippen LogP contribution in [0.25, 0.3) is 6.08 Å². The van der Waals surface area contributed by atoms with Crippen molar-refractivity contribution in [3.63, 3.8) is 0 Å². The molecular weight excluding hydrogens is 296 g/mol. The fourth-order valence-electron chi connectivity index (χ4n) is 2.51. The molecule has 0 saturated carbocycles. The Labute approximate surface area is 135 Å². The zero-order valence-electron chi connectivity index (χ0n) is 13.4. The predicted molar refractivity (Wildman–Crippen MR) is 87.4 cm³/mol. The van der Waals surface area contributed by atoms with Crippen LogP contribution in [0.5, 0.6) is 11.5 Å². The quantitative estimate of drug-likeness (QED) is 0.807. The molecule has 1 aromatic rings. The number of hydrogen-bond acceptors (Lipinski definition) is 4. The number of ether oxygens (including phenoxy) is 2. The highest BCUT2D eigenvalue weighted by Gasteiger charge is 2.21. The van der Waals surface area contributed by atoms with Gasteiger partial charge in [-0.2, -0.15) is 0 Å². The number of benzene rings is 1. The van der Waals surface area contributed by atoms with Crippen LogP contribution in [0, 0.1) is 0 Å². The summed E-state index contributed by atoms with van der Waals surface area (Å²) in [6.07, 6.45) is 5.56. The van der Waals surface area contributed by atoms with Crippen molar-refractivity contribution < 1.29 is 19.1 Å². The van der Waals surface area contributed by atoms with E-state index in [1.54, 1.807) is 26.4 Å². The van der Waals surface area contributed by atoms with Crippen LogP contribution < -0.4 is 20.1 Å². The van der Waals surface area contributed by atoms with Gasteiger partial charge < -0.3 is 20.1 Å². The van der Waals surface area contributed by atoms with Gasteiger partial charge in [0.2, 0.25) is 11.8 Å². The van der Waals surface area contributed by atoms with E-state index in [1.807, 2.05) is 12.1 Å². The highest BCUT2D eigenvalue weighted by atomic mass is 16.5. The minimum absolute atomic E-state index is 0.122. The predicted octanol–water partition coefficient (Wildman–Crippen LogP) is 1.50. The molecule has 0 aromatic heterocycles. The lowest BCUT2D eigenvalue weighted by Gasteiger charge is -2.13. The largest absolute Gasteiger partial charge is 0.493 e. The lowest BCUT2D eigenvalue weighted by molar-refractivity contribution is -0.126. The number of carbonyl (C=O) groups excluding carboxylic acids is 2. The Kier molecular flexibility index (Phi) is 6.02. The van der Waals surface area contributed by atoms with E-state index in [0.29, 0.717) is 24.5 Å². The Morgan fingerprint density at radius 1 is 1.30 bits per heavy atom. The number of methoxy groups -OCH3 is 2. The van der Waals surface area contributed by atoms with Gasteiger partial charge in [0.15, 0.2) is 11.5 Å². The molecule has 1 unspecified atom stereocenters. The molecule has 0 bridgehead atoms. The molecule has 2 rings (SSSR count). The summed E-state index contributed by atoms with van der Waals surface area (Å²) >= 11 is 0. The van der Waals surface area contributed by atoms with Gasteiger partial charge in [0, 0.05) is 18.2 Å². The highest BCUT2D eigenvalue weighted by molar-refractivity contribution is 5.95. The van der Waals surface area contributed by atoms with E-state index in [2.05, 4.69) is 10.6 Å². The van der Waals surface area contributed by atoms with Crippen LogP contribution in [0.15, 0.2) is 24.3 Å². The van der Waals surface area contributed by atoms with Crippen molar-refractivity contribution in [1.29, 1.82) is 0 Å². The SMILES string of the molecule is COc1cccc(/C=C/C(=O)NC2CCCCNC2=O)c1OC. The van der Waals surface area contributed by atoms with Crippen LogP contribution in [0.1, 0.15) is 24.8 Å². The maximum Gasteiger partial charge on any atom is 0.244 e. The van der Waals surface area contributed by atoms with Crippen molar-refractivity contribution in [2.24, 2.45) is 0 Å². The van der Waals surface area contributed by atoms with Gasteiger partial charge in [-0.15, -0.1) is 0 Å². The van der Waals surface area contributed by atoms with E-state index in [9.17, 15) is 9.59 Å². The molecule has 1 aliphatic heterocycles. The van der Waals surface area contributed by atoms with Gasteiger partial charge in [0.25, 0.3) is 0 Å². The Morgan fingerprint density at radius 3 is 2.87 bits per heavy atom. The normalized spacial score (nSPS) is 18.2. The molecule has 0 aliphatic carbocycles. The summed E-state index contributed by atoms with van der Waals surface area (Å²) in [4.78, 5) is 23.9. The number of hydrogen-bond donors (Lipinski definition) is 2. The molecule has 2 N–H and O–H groups in total. The summed E-state index contributed by atoms with van der Waals surface area (Å²) < 4.78 is 10.5. The van der Waals surface area contributed by atoms with Crippen molar-refractivity contribution in [3.05, 3.63) is 29.8 Å². The minimum atomic E-state index is -0.471. The van der Waals surface area contributed by atoms with Crippen molar-refractivity contribution in [2.75, 3.05) is 20.8 Å².